The molecule has 0 fully saturated rings. The molecule has 0 saturated carbocycles. The minimum atomic E-state index is -0.556. The van der Waals surface area contributed by atoms with Crippen LogP contribution in [-0.2, 0) is 27.9 Å². The number of nitrogens with zero attached hydrogens (tertiary/aromatic N) is 1. The van der Waals surface area contributed by atoms with Crippen molar-refractivity contribution in [3.8, 4) is 5.75 Å². The van der Waals surface area contributed by atoms with Gasteiger partial charge in [0.1, 0.15) is 5.75 Å². The summed E-state index contributed by atoms with van der Waals surface area (Å²) in [6.07, 6.45) is 0. The van der Waals surface area contributed by atoms with E-state index in [-0.39, 0.29) is 10.8 Å². The topological polar surface area (TPSA) is 23.5 Å². The Morgan fingerprint density at radius 3 is 1.90 bits per heavy atom. The zero-order valence-electron chi connectivity index (χ0n) is 19.0. The van der Waals surface area contributed by atoms with Crippen molar-refractivity contribution < 1.29 is 22.1 Å². The van der Waals surface area contributed by atoms with Gasteiger partial charge in [-0.05, 0) is 41.0 Å². The van der Waals surface area contributed by atoms with Crippen molar-refractivity contribution in [2.45, 2.75) is 59.3 Å². The third-order valence-electron chi connectivity index (χ3n) is 4.69. The van der Waals surface area contributed by atoms with Gasteiger partial charge in [-0.25, -0.2) is 0 Å². The molecule has 0 radical (unpaired) electrons. The van der Waals surface area contributed by atoms with Gasteiger partial charge in [-0.3, -0.25) is 0 Å². The zero-order valence-corrected chi connectivity index (χ0v) is 23.1. The van der Waals surface area contributed by atoms with Crippen LogP contribution in [0, 0.1) is 6.92 Å². The normalized spacial score (nSPS) is 12.0. The fourth-order valence-electron chi connectivity index (χ4n) is 3.00. The van der Waals surface area contributed by atoms with E-state index in [9.17, 15) is 5.11 Å². The molecule has 1 atom stereocenters. The van der Waals surface area contributed by atoms with Crippen molar-refractivity contribution in [2.75, 3.05) is 19.0 Å². The van der Waals surface area contributed by atoms with Crippen molar-refractivity contribution in [2.24, 2.45) is 0 Å². The molecular weight excluding hydrogens is 456 g/mol. The van der Waals surface area contributed by atoms with Crippen LogP contribution >= 0.6 is 27.2 Å². The SMILES string of the molecule is Cc1ccc(Pc2cc(C(C)(C)C)cc(C(C)(C)C)c2O)c(N(C)C)c1.[Cl][Ti][Cl]. The van der Waals surface area contributed by atoms with Gasteiger partial charge in [0.2, 0.25) is 0 Å². The maximum absolute atomic E-state index is 11.1. The molecule has 6 heteroatoms. The first-order valence-corrected chi connectivity index (χ1v) is 14.9. The number of benzene rings is 2. The molecule has 0 aliphatic carbocycles. The number of phenolic OH excluding ortho intramolecular Hbond substituents is 1. The average Bonchev–Trinajstić information content (AvgIpc) is 2.56. The van der Waals surface area contributed by atoms with E-state index in [2.05, 4.69) is 97.8 Å². The molecule has 0 spiro atoms. The quantitative estimate of drug-likeness (QED) is 0.400. The number of aryl methyl sites for hydroxylation is 1. The van der Waals surface area contributed by atoms with E-state index in [1.165, 1.54) is 22.1 Å². The van der Waals surface area contributed by atoms with Gasteiger partial charge in [0.05, 0.1) is 0 Å². The van der Waals surface area contributed by atoms with Crippen LogP contribution in [0.5, 0.6) is 5.75 Å². The van der Waals surface area contributed by atoms with Gasteiger partial charge in [0.15, 0.2) is 0 Å². The van der Waals surface area contributed by atoms with E-state index < -0.39 is 17.0 Å². The molecule has 2 aromatic carbocycles. The average molecular weight is 490 g/mol. The van der Waals surface area contributed by atoms with Gasteiger partial charge >= 0.3 is 35.6 Å². The van der Waals surface area contributed by atoms with Gasteiger partial charge in [0.25, 0.3) is 0 Å². The van der Waals surface area contributed by atoms with Crippen molar-refractivity contribution in [3.05, 3.63) is 47.0 Å². The Kier molecular flexibility index (Phi) is 10.0. The van der Waals surface area contributed by atoms with Gasteiger partial charge in [-0.15, -0.1) is 0 Å². The second kappa shape index (κ2) is 10.9. The predicted octanol–water partition coefficient (Wildman–Crippen LogP) is 6.37. The van der Waals surface area contributed by atoms with Crippen molar-refractivity contribution in [1.29, 1.82) is 0 Å². The Bertz CT molecular complexity index is 827. The number of hydrogen-bond donors (Lipinski definition) is 1. The number of halogens is 2. The number of rotatable bonds is 3. The molecular formula is C23H34Cl2NOPTi. The van der Waals surface area contributed by atoms with E-state index in [0.717, 1.165) is 10.9 Å². The second-order valence-electron chi connectivity index (χ2n) is 9.53. The number of phenols is 1. The van der Waals surface area contributed by atoms with Gasteiger partial charge in [-0.2, -0.15) is 0 Å². The molecule has 0 bridgehead atoms. The molecule has 2 rings (SSSR count). The van der Waals surface area contributed by atoms with Crippen LogP contribution in [0.1, 0.15) is 58.2 Å². The fourth-order valence-corrected chi connectivity index (χ4v) is 4.36. The summed E-state index contributed by atoms with van der Waals surface area (Å²) in [5.74, 6) is 0.453. The van der Waals surface area contributed by atoms with Gasteiger partial charge in [-0.1, -0.05) is 68.3 Å². The Labute approximate surface area is 195 Å². The summed E-state index contributed by atoms with van der Waals surface area (Å²) in [5, 5.41) is 13.4. The van der Waals surface area contributed by atoms with Crippen LogP contribution in [0.4, 0.5) is 5.69 Å². The molecule has 2 nitrogen and oxygen atoms in total. The summed E-state index contributed by atoms with van der Waals surface area (Å²) >= 11 is -0.556. The first-order valence-electron chi connectivity index (χ1n) is 9.61. The Balaban J connectivity index is 0.00000132. The monoisotopic (exact) mass is 489 g/mol. The zero-order chi connectivity index (χ0) is 22.6. The second-order valence-corrected chi connectivity index (χ2v) is 13.4. The van der Waals surface area contributed by atoms with Gasteiger partial charge < -0.3 is 10.0 Å². The third-order valence-corrected chi connectivity index (χ3v) is 6.03. The summed E-state index contributed by atoms with van der Waals surface area (Å²) in [5.41, 5.74) is 4.74. The Hall–Kier alpha value is -0.236. The number of aromatic hydroxyl groups is 1. The molecule has 2 aromatic rings. The molecule has 0 amide bonds. The van der Waals surface area contributed by atoms with Crippen LogP contribution in [0.25, 0.3) is 0 Å². The summed E-state index contributed by atoms with van der Waals surface area (Å²) in [4.78, 5) is 2.16. The summed E-state index contributed by atoms with van der Waals surface area (Å²) < 4.78 is 0. The molecule has 29 heavy (non-hydrogen) atoms. The maximum atomic E-state index is 11.1. The van der Waals surface area contributed by atoms with E-state index in [0.29, 0.717) is 14.3 Å². The molecule has 0 aliphatic heterocycles. The summed E-state index contributed by atoms with van der Waals surface area (Å²) in [6, 6.07) is 11.0. The Morgan fingerprint density at radius 2 is 1.45 bits per heavy atom. The predicted molar refractivity (Wildman–Crippen MR) is 130 cm³/mol. The third kappa shape index (κ3) is 7.75. The summed E-state index contributed by atoms with van der Waals surface area (Å²) in [7, 11) is 14.4. The van der Waals surface area contributed by atoms with Crippen molar-refractivity contribution >= 4 is 43.5 Å². The number of anilines is 1. The van der Waals surface area contributed by atoms with E-state index in [1.807, 2.05) is 0 Å². The molecule has 0 aliphatic rings. The minimum absolute atomic E-state index is 0.0462. The van der Waals surface area contributed by atoms with Crippen LogP contribution in [0.2, 0.25) is 0 Å². The van der Waals surface area contributed by atoms with Gasteiger partial charge in [0, 0.05) is 36.0 Å². The van der Waals surface area contributed by atoms with Crippen LogP contribution in [0.3, 0.4) is 0 Å². The summed E-state index contributed by atoms with van der Waals surface area (Å²) in [6.45, 7) is 15.3. The first kappa shape index (κ1) is 26.8. The van der Waals surface area contributed by atoms with Crippen LogP contribution in [-0.4, -0.2) is 19.2 Å². The number of hydrogen-bond acceptors (Lipinski definition) is 2. The Morgan fingerprint density at radius 1 is 0.897 bits per heavy atom. The molecule has 1 unspecified atom stereocenters. The van der Waals surface area contributed by atoms with Crippen LogP contribution in [0.15, 0.2) is 30.3 Å². The van der Waals surface area contributed by atoms with Crippen molar-refractivity contribution in [1.82, 2.24) is 0 Å². The van der Waals surface area contributed by atoms with E-state index >= 15 is 0 Å². The first-order chi connectivity index (χ1) is 13.2. The van der Waals surface area contributed by atoms with E-state index in [1.54, 1.807) is 0 Å². The molecule has 1 N–H and O–H groups in total. The van der Waals surface area contributed by atoms with Crippen molar-refractivity contribution in [3.63, 3.8) is 0 Å². The fraction of sp³-hybridized carbons (Fsp3) is 0.478. The molecule has 0 aromatic heterocycles. The van der Waals surface area contributed by atoms with E-state index in [4.69, 9.17) is 18.6 Å². The molecule has 0 heterocycles. The standard InChI is InChI=1S/C23H34NOP.2ClH.Ti/c1-15-10-11-19(18(12-15)24(8)9)26-20-14-16(22(2,3)4)13-17(21(20)25)23(5,6)7;;;/h10-14,25-26H,1-9H3;2*1H;/q;;;+2/p-2. The van der Waals surface area contributed by atoms with Crippen LogP contribution < -0.4 is 15.5 Å². The molecule has 160 valence electrons. The molecule has 0 saturated heterocycles.